The zero-order valence-electron chi connectivity index (χ0n) is 13.0. The third-order valence-corrected chi connectivity index (χ3v) is 2.88. The number of carbonyl (C=O) groups is 2. The third-order valence-electron chi connectivity index (χ3n) is 2.88. The van der Waals surface area contributed by atoms with E-state index in [0.29, 0.717) is 17.8 Å². The van der Waals surface area contributed by atoms with Crippen LogP contribution >= 0.6 is 0 Å². The van der Waals surface area contributed by atoms with E-state index in [1.165, 1.54) is 7.11 Å². The molecule has 6 heteroatoms. The number of methoxy groups -OCH3 is 1. The zero-order chi connectivity index (χ0) is 16.0. The molecule has 0 heterocycles. The van der Waals surface area contributed by atoms with Crippen LogP contribution in [0.5, 0.6) is 0 Å². The molecule has 21 heavy (non-hydrogen) atoms. The predicted molar refractivity (Wildman–Crippen MR) is 81.8 cm³/mol. The average molecular weight is 293 g/mol. The summed E-state index contributed by atoms with van der Waals surface area (Å²) in [7, 11) is 3.13. The summed E-state index contributed by atoms with van der Waals surface area (Å²) in [5.41, 5.74) is 7.31. The van der Waals surface area contributed by atoms with Crippen LogP contribution < -0.4 is 11.1 Å². The van der Waals surface area contributed by atoms with Crippen LogP contribution in [0.4, 0.5) is 5.69 Å². The van der Waals surface area contributed by atoms with Gasteiger partial charge < -0.3 is 15.8 Å². The number of nitrogen functional groups attached to an aromatic ring is 1. The lowest BCUT2D eigenvalue weighted by atomic mass is 10.1. The fourth-order valence-corrected chi connectivity index (χ4v) is 2.06. The maximum Gasteiger partial charge on any atom is 0.340 e. The summed E-state index contributed by atoms with van der Waals surface area (Å²) in [4.78, 5) is 25.3. The normalized spacial score (nSPS) is 10.8. The molecule has 0 aliphatic rings. The Labute approximate surface area is 125 Å². The first kappa shape index (κ1) is 17.0. The van der Waals surface area contributed by atoms with Gasteiger partial charge in [-0.3, -0.25) is 9.69 Å². The maximum absolute atomic E-state index is 11.8. The van der Waals surface area contributed by atoms with Gasteiger partial charge in [-0.05, 0) is 32.5 Å². The van der Waals surface area contributed by atoms with Gasteiger partial charge in [-0.2, -0.15) is 0 Å². The number of carbonyl (C=O) groups excluding carboxylic acids is 2. The van der Waals surface area contributed by atoms with Gasteiger partial charge >= 0.3 is 5.97 Å². The Morgan fingerprint density at radius 1 is 1.38 bits per heavy atom. The minimum atomic E-state index is -0.469. The van der Waals surface area contributed by atoms with Gasteiger partial charge in [-0.1, -0.05) is 12.1 Å². The van der Waals surface area contributed by atoms with Crippen molar-refractivity contribution in [2.24, 2.45) is 0 Å². The van der Waals surface area contributed by atoms with Crippen molar-refractivity contribution in [2.45, 2.75) is 26.4 Å². The fourth-order valence-electron chi connectivity index (χ4n) is 2.06. The molecule has 0 fully saturated rings. The molecule has 0 aliphatic carbocycles. The van der Waals surface area contributed by atoms with Gasteiger partial charge in [0.15, 0.2) is 0 Å². The number of likely N-dealkylation sites (N-methyl/N-ethyl adjacent to an activating group) is 1. The number of rotatable bonds is 6. The van der Waals surface area contributed by atoms with E-state index in [9.17, 15) is 9.59 Å². The molecule has 0 saturated heterocycles. The van der Waals surface area contributed by atoms with Crippen LogP contribution in [0.1, 0.15) is 29.8 Å². The van der Waals surface area contributed by atoms with E-state index < -0.39 is 5.97 Å². The molecule has 0 unspecified atom stereocenters. The molecule has 1 aromatic carbocycles. The molecule has 1 aromatic rings. The average Bonchev–Trinajstić information content (AvgIpc) is 2.36. The zero-order valence-corrected chi connectivity index (χ0v) is 13.0. The maximum atomic E-state index is 11.8. The Kier molecular flexibility index (Phi) is 6.17. The molecule has 0 saturated carbocycles. The number of anilines is 1. The molecule has 6 nitrogen and oxygen atoms in total. The molecule has 1 rings (SSSR count). The van der Waals surface area contributed by atoms with E-state index in [1.54, 1.807) is 18.2 Å². The van der Waals surface area contributed by atoms with Crippen molar-refractivity contribution in [1.82, 2.24) is 10.2 Å². The summed E-state index contributed by atoms with van der Waals surface area (Å²) in [5.74, 6) is -0.529. The number of hydrogen-bond acceptors (Lipinski definition) is 5. The second-order valence-corrected chi connectivity index (χ2v) is 5.27. The van der Waals surface area contributed by atoms with Crippen molar-refractivity contribution in [3.05, 3.63) is 29.3 Å². The fraction of sp³-hybridized carbons (Fsp3) is 0.467. The smallest absolute Gasteiger partial charge is 0.340 e. The van der Waals surface area contributed by atoms with Gasteiger partial charge in [0.05, 0.1) is 19.2 Å². The van der Waals surface area contributed by atoms with E-state index in [4.69, 9.17) is 10.5 Å². The van der Waals surface area contributed by atoms with Crippen LogP contribution in [0.15, 0.2) is 18.2 Å². The Morgan fingerprint density at radius 3 is 2.62 bits per heavy atom. The van der Waals surface area contributed by atoms with Crippen molar-refractivity contribution < 1.29 is 14.3 Å². The molecule has 0 bridgehead atoms. The molecule has 0 atom stereocenters. The van der Waals surface area contributed by atoms with Crippen LogP contribution in [-0.4, -0.2) is 43.5 Å². The highest BCUT2D eigenvalue weighted by Crippen LogP contribution is 2.19. The lowest BCUT2D eigenvalue weighted by molar-refractivity contribution is -0.122. The van der Waals surface area contributed by atoms with Crippen LogP contribution in [0.3, 0.4) is 0 Å². The summed E-state index contributed by atoms with van der Waals surface area (Å²) in [5, 5.41) is 2.82. The number of ether oxygens (including phenoxy) is 1. The molecule has 0 aliphatic heterocycles. The quantitative estimate of drug-likeness (QED) is 0.604. The van der Waals surface area contributed by atoms with E-state index in [2.05, 4.69) is 5.32 Å². The minimum Gasteiger partial charge on any atom is -0.465 e. The second kappa shape index (κ2) is 7.64. The van der Waals surface area contributed by atoms with Crippen LogP contribution in [0.2, 0.25) is 0 Å². The van der Waals surface area contributed by atoms with Gasteiger partial charge in [-0.15, -0.1) is 0 Å². The van der Waals surface area contributed by atoms with E-state index in [0.717, 1.165) is 5.56 Å². The first-order chi connectivity index (χ1) is 9.85. The monoisotopic (exact) mass is 293 g/mol. The highest BCUT2D eigenvalue weighted by Gasteiger charge is 2.17. The molecule has 3 N–H and O–H groups in total. The van der Waals surface area contributed by atoms with Crippen molar-refractivity contribution in [3.8, 4) is 0 Å². The van der Waals surface area contributed by atoms with Gasteiger partial charge in [0.25, 0.3) is 0 Å². The molecule has 1 amide bonds. The SMILES string of the molecule is COC(=O)c1c(N)cccc1CN(C)CC(=O)NC(C)C. The van der Waals surface area contributed by atoms with Crippen molar-refractivity contribution in [3.63, 3.8) is 0 Å². The molecule has 0 aromatic heterocycles. The van der Waals surface area contributed by atoms with Crippen molar-refractivity contribution in [1.29, 1.82) is 0 Å². The largest absolute Gasteiger partial charge is 0.465 e. The van der Waals surface area contributed by atoms with Gasteiger partial charge in [-0.25, -0.2) is 4.79 Å². The number of esters is 1. The third kappa shape index (κ3) is 5.07. The van der Waals surface area contributed by atoms with Crippen molar-refractivity contribution in [2.75, 3.05) is 26.4 Å². The number of hydrogen-bond donors (Lipinski definition) is 2. The van der Waals surface area contributed by atoms with Gasteiger partial charge in [0.2, 0.25) is 5.91 Å². The molecule has 0 spiro atoms. The number of nitrogens with zero attached hydrogens (tertiary/aromatic N) is 1. The lowest BCUT2D eigenvalue weighted by Gasteiger charge is -2.19. The number of amides is 1. The summed E-state index contributed by atoms with van der Waals surface area (Å²) < 4.78 is 4.76. The Hall–Kier alpha value is -2.08. The highest BCUT2D eigenvalue weighted by atomic mass is 16.5. The summed E-state index contributed by atoms with van der Waals surface area (Å²) in [6.07, 6.45) is 0. The Morgan fingerprint density at radius 2 is 2.05 bits per heavy atom. The van der Waals surface area contributed by atoms with Crippen LogP contribution in [0.25, 0.3) is 0 Å². The van der Waals surface area contributed by atoms with E-state index in [1.807, 2.05) is 25.8 Å². The molecular weight excluding hydrogens is 270 g/mol. The lowest BCUT2D eigenvalue weighted by Crippen LogP contribution is -2.38. The van der Waals surface area contributed by atoms with Gasteiger partial charge in [0.1, 0.15) is 0 Å². The number of benzene rings is 1. The number of nitrogens with one attached hydrogen (secondary N) is 1. The summed E-state index contributed by atoms with van der Waals surface area (Å²) in [6.45, 7) is 4.49. The highest BCUT2D eigenvalue weighted by molar-refractivity contribution is 5.96. The Balaban J connectivity index is 2.81. The standard InChI is InChI=1S/C15H23N3O3/c1-10(2)17-13(19)9-18(3)8-11-6-5-7-12(16)14(11)15(20)21-4/h5-7,10H,8-9,16H2,1-4H3,(H,17,19). The second-order valence-electron chi connectivity index (χ2n) is 5.27. The van der Waals surface area contributed by atoms with E-state index >= 15 is 0 Å². The Bertz CT molecular complexity index is 515. The topological polar surface area (TPSA) is 84.7 Å². The summed E-state index contributed by atoms with van der Waals surface area (Å²) >= 11 is 0. The number of nitrogens with two attached hydrogens (primary N) is 1. The minimum absolute atomic E-state index is 0.0592. The first-order valence-corrected chi connectivity index (χ1v) is 6.78. The van der Waals surface area contributed by atoms with Crippen LogP contribution in [-0.2, 0) is 16.1 Å². The van der Waals surface area contributed by atoms with Crippen molar-refractivity contribution >= 4 is 17.6 Å². The van der Waals surface area contributed by atoms with E-state index in [-0.39, 0.29) is 18.5 Å². The van der Waals surface area contributed by atoms with Crippen LogP contribution in [0, 0.1) is 0 Å². The molecule has 0 radical (unpaired) electrons. The summed E-state index contributed by atoms with van der Waals surface area (Å²) in [6, 6.07) is 5.34. The van der Waals surface area contributed by atoms with Gasteiger partial charge in [0, 0.05) is 18.3 Å². The first-order valence-electron chi connectivity index (χ1n) is 6.78. The molecular formula is C15H23N3O3. The predicted octanol–water partition coefficient (Wildman–Crippen LogP) is 1.01. The molecule has 116 valence electrons.